The minimum absolute atomic E-state index is 0.151. The molecule has 1 N–H and O–H groups in total. The van der Waals surface area contributed by atoms with Crippen LogP contribution in [0.2, 0.25) is 0 Å². The summed E-state index contributed by atoms with van der Waals surface area (Å²) in [6.45, 7) is 3.72. The van der Waals surface area contributed by atoms with Crippen LogP contribution in [0.4, 0.5) is 10.1 Å². The van der Waals surface area contributed by atoms with E-state index in [1.54, 1.807) is 19.1 Å². The molecular formula is C20H17FN4OS. The van der Waals surface area contributed by atoms with Gasteiger partial charge in [0.15, 0.2) is 10.8 Å². The summed E-state index contributed by atoms with van der Waals surface area (Å²) in [7, 11) is 0. The number of halogens is 1. The lowest BCUT2D eigenvalue weighted by Gasteiger charge is -2.08. The van der Waals surface area contributed by atoms with Crippen molar-refractivity contribution in [2.45, 2.75) is 19.0 Å². The summed E-state index contributed by atoms with van der Waals surface area (Å²) in [5.41, 5.74) is 3.85. The van der Waals surface area contributed by atoms with Gasteiger partial charge in [-0.15, -0.1) is 10.2 Å². The van der Waals surface area contributed by atoms with Gasteiger partial charge in [0.2, 0.25) is 5.91 Å². The molecule has 5 nitrogen and oxygen atoms in total. The van der Waals surface area contributed by atoms with E-state index in [9.17, 15) is 9.18 Å². The number of para-hydroxylation sites is 1. The zero-order valence-electron chi connectivity index (χ0n) is 14.9. The molecule has 0 saturated heterocycles. The van der Waals surface area contributed by atoms with Crippen molar-refractivity contribution in [2.75, 3.05) is 11.1 Å². The molecule has 0 radical (unpaired) electrons. The number of nitrogens with zero attached hydrogens (tertiary/aromatic N) is 3. The van der Waals surface area contributed by atoms with E-state index in [0.29, 0.717) is 16.4 Å². The van der Waals surface area contributed by atoms with Crippen molar-refractivity contribution in [1.82, 2.24) is 14.6 Å². The highest BCUT2D eigenvalue weighted by Gasteiger charge is 2.13. The predicted molar refractivity (Wildman–Crippen MR) is 106 cm³/mol. The maximum absolute atomic E-state index is 13.6. The molecular weight excluding hydrogens is 363 g/mol. The molecule has 0 unspecified atom stereocenters. The van der Waals surface area contributed by atoms with Crippen LogP contribution in [0.15, 0.2) is 53.7 Å². The van der Waals surface area contributed by atoms with Gasteiger partial charge in [0.25, 0.3) is 0 Å². The number of carbonyl (C=O) groups excluding carboxylic acids is 1. The van der Waals surface area contributed by atoms with E-state index in [1.807, 2.05) is 35.6 Å². The lowest BCUT2D eigenvalue weighted by Crippen LogP contribution is -2.14. The number of carbonyl (C=O) groups is 1. The molecule has 4 rings (SSSR count). The van der Waals surface area contributed by atoms with Crippen molar-refractivity contribution in [1.29, 1.82) is 0 Å². The molecule has 1 amide bonds. The monoisotopic (exact) mass is 380 g/mol. The van der Waals surface area contributed by atoms with Crippen LogP contribution in [0.25, 0.3) is 16.6 Å². The summed E-state index contributed by atoms with van der Waals surface area (Å²) in [4.78, 5) is 12.2. The Hall–Kier alpha value is -2.93. The summed E-state index contributed by atoms with van der Waals surface area (Å²) in [5, 5.41) is 12.9. The van der Waals surface area contributed by atoms with Crippen molar-refractivity contribution in [3.05, 3.63) is 65.5 Å². The number of aryl methyl sites for hydroxylation is 2. The number of pyridine rings is 1. The molecule has 0 fully saturated rings. The van der Waals surface area contributed by atoms with Crippen molar-refractivity contribution in [2.24, 2.45) is 0 Å². The van der Waals surface area contributed by atoms with E-state index >= 15 is 0 Å². The van der Waals surface area contributed by atoms with Crippen molar-refractivity contribution >= 4 is 39.9 Å². The highest BCUT2D eigenvalue weighted by Crippen LogP contribution is 2.25. The Morgan fingerprint density at radius 1 is 1.11 bits per heavy atom. The second-order valence-corrected chi connectivity index (χ2v) is 7.26. The van der Waals surface area contributed by atoms with E-state index in [4.69, 9.17) is 0 Å². The number of anilines is 1. The molecule has 0 aliphatic heterocycles. The number of thioether (sulfide) groups is 1. The van der Waals surface area contributed by atoms with E-state index < -0.39 is 0 Å². The first kappa shape index (κ1) is 17.5. The summed E-state index contributed by atoms with van der Waals surface area (Å²) in [5.74, 6) is -0.416. The Kier molecular flexibility index (Phi) is 4.53. The van der Waals surface area contributed by atoms with Gasteiger partial charge < -0.3 is 5.32 Å². The fourth-order valence-corrected chi connectivity index (χ4v) is 3.72. The van der Waals surface area contributed by atoms with Crippen molar-refractivity contribution < 1.29 is 9.18 Å². The molecule has 2 aromatic carbocycles. The smallest absolute Gasteiger partial charge is 0.234 e. The van der Waals surface area contributed by atoms with Gasteiger partial charge in [-0.1, -0.05) is 36.0 Å². The van der Waals surface area contributed by atoms with Crippen molar-refractivity contribution in [3.63, 3.8) is 0 Å². The van der Waals surface area contributed by atoms with Gasteiger partial charge in [-0.3, -0.25) is 9.20 Å². The molecule has 4 aromatic rings. The molecule has 0 bridgehead atoms. The minimum Gasteiger partial charge on any atom is -0.325 e. The van der Waals surface area contributed by atoms with E-state index in [1.165, 1.54) is 17.8 Å². The number of nitrogens with one attached hydrogen (secondary N) is 1. The number of amides is 1. The van der Waals surface area contributed by atoms with Gasteiger partial charge in [0, 0.05) is 11.1 Å². The number of fused-ring (bicyclic) bond motifs is 3. The third-order valence-electron chi connectivity index (χ3n) is 4.36. The summed E-state index contributed by atoms with van der Waals surface area (Å²) >= 11 is 1.30. The van der Waals surface area contributed by atoms with Crippen molar-refractivity contribution in [3.8, 4) is 0 Å². The first-order valence-corrected chi connectivity index (χ1v) is 9.44. The third kappa shape index (κ3) is 3.38. The molecule has 0 spiro atoms. The molecule has 136 valence electrons. The van der Waals surface area contributed by atoms with Crippen LogP contribution in [0.1, 0.15) is 11.1 Å². The van der Waals surface area contributed by atoms with Gasteiger partial charge >= 0.3 is 0 Å². The van der Waals surface area contributed by atoms with Crippen LogP contribution in [-0.4, -0.2) is 26.3 Å². The Morgan fingerprint density at radius 2 is 1.93 bits per heavy atom. The Morgan fingerprint density at radius 3 is 2.74 bits per heavy atom. The molecule has 27 heavy (non-hydrogen) atoms. The Bertz CT molecular complexity index is 1170. The number of aromatic nitrogens is 3. The predicted octanol–water partition coefficient (Wildman–Crippen LogP) is 4.37. The topological polar surface area (TPSA) is 59.3 Å². The fourth-order valence-electron chi connectivity index (χ4n) is 2.97. The maximum atomic E-state index is 13.6. The SMILES string of the molecule is Cc1ccc(NC(=O)CSc2nnc3cc(C)c4ccccc4n23)cc1F. The fraction of sp³-hybridized carbons (Fsp3) is 0.150. The molecule has 0 saturated carbocycles. The highest BCUT2D eigenvalue weighted by atomic mass is 32.2. The van der Waals surface area contributed by atoms with Gasteiger partial charge in [-0.05, 0) is 49.2 Å². The van der Waals surface area contributed by atoms with Crippen LogP contribution in [0.5, 0.6) is 0 Å². The minimum atomic E-state index is -0.342. The average Bonchev–Trinajstić information content (AvgIpc) is 3.06. The normalized spacial score (nSPS) is 11.2. The van der Waals surface area contributed by atoms with Gasteiger partial charge in [0.1, 0.15) is 5.82 Å². The van der Waals surface area contributed by atoms with E-state index in [-0.39, 0.29) is 17.5 Å². The third-order valence-corrected chi connectivity index (χ3v) is 5.29. The van der Waals surface area contributed by atoms with E-state index in [2.05, 4.69) is 21.6 Å². The number of hydrogen-bond donors (Lipinski definition) is 1. The van der Waals surface area contributed by atoms with Gasteiger partial charge in [0.05, 0.1) is 11.3 Å². The number of rotatable bonds is 4. The van der Waals surface area contributed by atoms with Crippen LogP contribution in [-0.2, 0) is 4.79 Å². The number of hydrogen-bond acceptors (Lipinski definition) is 4. The molecule has 2 heterocycles. The zero-order chi connectivity index (χ0) is 19.0. The average molecular weight is 380 g/mol. The number of benzene rings is 2. The lowest BCUT2D eigenvalue weighted by molar-refractivity contribution is -0.113. The Balaban J connectivity index is 1.56. The first-order chi connectivity index (χ1) is 13.0. The Labute approximate surface area is 159 Å². The van der Waals surface area contributed by atoms with E-state index in [0.717, 1.165) is 22.1 Å². The molecule has 2 aromatic heterocycles. The molecule has 0 atom stereocenters. The summed E-state index contributed by atoms with van der Waals surface area (Å²) in [6, 6.07) is 14.6. The van der Waals surface area contributed by atoms with Crippen LogP contribution >= 0.6 is 11.8 Å². The highest BCUT2D eigenvalue weighted by molar-refractivity contribution is 7.99. The second kappa shape index (κ2) is 7.00. The zero-order valence-corrected chi connectivity index (χ0v) is 15.7. The molecule has 0 aliphatic carbocycles. The quantitative estimate of drug-likeness (QED) is 0.534. The second-order valence-electron chi connectivity index (χ2n) is 6.32. The van der Waals surface area contributed by atoms with Gasteiger partial charge in [-0.25, -0.2) is 4.39 Å². The summed E-state index contributed by atoms with van der Waals surface area (Å²) < 4.78 is 15.6. The molecule has 0 aliphatic rings. The lowest BCUT2D eigenvalue weighted by atomic mass is 10.1. The van der Waals surface area contributed by atoms with Crippen LogP contribution in [0, 0.1) is 19.7 Å². The van der Waals surface area contributed by atoms with Gasteiger partial charge in [-0.2, -0.15) is 0 Å². The molecule has 7 heteroatoms. The standard InChI is InChI=1S/C20H17FN4OS/c1-12-7-8-14(10-16(12)21)22-19(26)11-27-20-24-23-18-9-13(2)15-5-3-4-6-17(15)25(18)20/h3-10H,11H2,1-2H3,(H,22,26). The maximum Gasteiger partial charge on any atom is 0.234 e. The van der Waals surface area contributed by atoms with Crippen LogP contribution < -0.4 is 5.32 Å². The largest absolute Gasteiger partial charge is 0.325 e. The summed E-state index contributed by atoms with van der Waals surface area (Å²) in [6.07, 6.45) is 0. The van der Waals surface area contributed by atoms with Crippen LogP contribution in [0.3, 0.4) is 0 Å². The first-order valence-electron chi connectivity index (χ1n) is 8.45.